The standard InChI is InChI=1S/C16H13ClN2/c1-11-3-2-4-14-16(11)19-15(18-14)10-7-12-5-8-13(17)9-6-12/h2-10H,1H3,(H,18,19). The smallest absolute Gasteiger partial charge is 0.131 e. The first-order valence-electron chi connectivity index (χ1n) is 6.11. The number of hydrogen-bond acceptors (Lipinski definition) is 1. The number of fused-ring (bicyclic) bond motifs is 1. The van der Waals surface area contributed by atoms with E-state index >= 15 is 0 Å². The molecule has 0 unspecified atom stereocenters. The number of nitrogens with one attached hydrogen (secondary N) is 1. The molecule has 19 heavy (non-hydrogen) atoms. The van der Waals surface area contributed by atoms with E-state index in [2.05, 4.69) is 23.0 Å². The van der Waals surface area contributed by atoms with Gasteiger partial charge in [0.25, 0.3) is 0 Å². The van der Waals surface area contributed by atoms with Gasteiger partial charge in [-0.05, 0) is 42.3 Å². The van der Waals surface area contributed by atoms with E-state index < -0.39 is 0 Å². The summed E-state index contributed by atoms with van der Waals surface area (Å²) < 4.78 is 0. The summed E-state index contributed by atoms with van der Waals surface area (Å²) in [7, 11) is 0. The third-order valence-corrected chi connectivity index (χ3v) is 3.29. The number of halogens is 1. The molecule has 0 spiro atoms. The normalized spacial score (nSPS) is 11.5. The highest BCUT2D eigenvalue weighted by atomic mass is 35.5. The molecule has 0 saturated carbocycles. The van der Waals surface area contributed by atoms with Gasteiger partial charge in [-0.2, -0.15) is 0 Å². The van der Waals surface area contributed by atoms with Crippen LogP contribution in [-0.2, 0) is 0 Å². The van der Waals surface area contributed by atoms with Crippen molar-refractivity contribution in [2.24, 2.45) is 0 Å². The van der Waals surface area contributed by atoms with Crippen LogP contribution in [0.2, 0.25) is 5.02 Å². The Balaban J connectivity index is 1.93. The molecule has 0 saturated heterocycles. The maximum atomic E-state index is 5.86. The van der Waals surface area contributed by atoms with Crippen LogP contribution in [0.5, 0.6) is 0 Å². The van der Waals surface area contributed by atoms with Crippen molar-refractivity contribution in [3.63, 3.8) is 0 Å². The Morgan fingerprint density at radius 2 is 1.84 bits per heavy atom. The average Bonchev–Trinajstić information content (AvgIpc) is 2.83. The summed E-state index contributed by atoms with van der Waals surface area (Å²) in [6, 6.07) is 13.8. The summed E-state index contributed by atoms with van der Waals surface area (Å²) in [4.78, 5) is 7.87. The van der Waals surface area contributed by atoms with Crippen molar-refractivity contribution in [1.29, 1.82) is 0 Å². The van der Waals surface area contributed by atoms with Crippen LogP contribution in [0.4, 0.5) is 0 Å². The molecule has 2 nitrogen and oxygen atoms in total. The Morgan fingerprint density at radius 1 is 1.05 bits per heavy atom. The van der Waals surface area contributed by atoms with Gasteiger partial charge in [-0.3, -0.25) is 0 Å². The summed E-state index contributed by atoms with van der Waals surface area (Å²) in [6.07, 6.45) is 3.99. The van der Waals surface area contributed by atoms with Gasteiger partial charge in [0.15, 0.2) is 0 Å². The molecule has 0 fully saturated rings. The maximum Gasteiger partial charge on any atom is 0.131 e. The molecule has 1 N–H and O–H groups in total. The van der Waals surface area contributed by atoms with E-state index in [1.165, 1.54) is 5.56 Å². The summed E-state index contributed by atoms with van der Waals surface area (Å²) in [5.41, 5.74) is 4.37. The monoisotopic (exact) mass is 268 g/mol. The van der Waals surface area contributed by atoms with Gasteiger partial charge < -0.3 is 4.98 Å². The van der Waals surface area contributed by atoms with Crippen molar-refractivity contribution in [3.05, 3.63) is 64.4 Å². The molecule has 0 radical (unpaired) electrons. The number of hydrogen-bond donors (Lipinski definition) is 1. The molecule has 0 aliphatic heterocycles. The van der Waals surface area contributed by atoms with Crippen molar-refractivity contribution in [3.8, 4) is 0 Å². The number of benzene rings is 2. The van der Waals surface area contributed by atoms with Crippen LogP contribution in [0.25, 0.3) is 23.2 Å². The predicted molar refractivity (Wildman–Crippen MR) is 81.2 cm³/mol. The molecule has 0 bridgehead atoms. The largest absolute Gasteiger partial charge is 0.338 e. The number of imidazole rings is 1. The lowest BCUT2D eigenvalue weighted by atomic mass is 10.2. The molecular weight excluding hydrogens is 256 g/mol. The van der Waals surface area contributed by atoms with Crippen LogP contribution in [-0.4, -0.2) is 9.97 Å². The topological polar surface area (TPSA) is 28.7 Å². The van der Waals surface area contributed by atoms with E-state index in [0.717, 1.165) is 27.4 Å². The summed E-state index contributed by atoms with van der Waals surface area (Å²) in [5.74, 6) is 0.860. The third kappa shape index (κ3) is 2.54. The summed E-state index contributed by atoms with van der Waals surface area (Å²) in [5, 5.41) is 0.747. The van der Waals surface area contributed by atoms with Gasteiger partial charge in [0, 0.05) is 5.02 Å². The third-order valence-electron chi connectivity index (χ3n) is 3.04. The second-order valence-corrected chi connectivity index (χ2v) is 4.91. The van der Waals surface area contributed by atoms with Gasteiger partial charge in [0.2, 0.25) is 0 Å². The van der Waals surface area contributed by atoms with Crippen LogP contribution in [0, 0.1) is 6.92 Å². The first-order valence-corrected chi connectivity index (χ1v) is 6.49. The van der Waals surface area contributed by atoms with Crippen molar-refractivity contribution in [1.82, 2.24) is 9.97 Å². The van der Waals surface area contributed by atoms with E-state index in [1.54, 1.807) is 0 Å². The van der Waals surface area contributed by atoms with Crippen LogP contribution >= 0.6 is 11.6 Å². The first-order chi connectivity index (χ1) is 9.22. The van der Waals surface area contributed by atoms with Crippen LogP contribution < -0.4 is 0 Å². The Hall–Kier alpha value is -2.06. The number of rotatable bonds is 2. The average molecular weight is 269 g/mol. The summed E-state index contributed by atoms with van der Waals surface area (Å²) >= 11 is 5.86. The minimum atomic E-state index is 0.747. The molecule has 0 atom stereocenters. The lowest BCUT2D eigenvalue weighted by Crippen LogP contribution is -1.75. The fourth-order valence-electron chi connectivity index (χ4n) is 2.02. The van der Waals surface area contributed by atoms with Crippen molar-refractivity contribution in [2.75, 3.05) is 0 Å². The molecule has 0 aliphatic carbocycles. The van der Waals surface area contributed by atoms with Gasteiger partial charge in [0.1, 0.15) is 5.82 Å². The molecule has 1 heterocycles. The molecule has 94 valence electrons. The number of para-hydroxylation sites is 1. The lowest BCUT2D eigenvalue weighted by molar-refractivity contribution is 1.29. The Labute approximate surface area is 116 Å². The Morgan fingerprint density at radius 3 is 2.58 bits per heavy atom. The number of aromatic nitrogens is 2. The zero-order valence-corrected chi connectivity index (χ0v) is 11.3. The SMILES string of the molecule is Cc1cccc2[nH]c(C=Cc3ccc(Cl)cc3)nc12. The quantitative estimate of drug-likeness (QED) is 0.717. The molecular formula is C16H13ClN2. The van der Waals surface area contributed by atoms with E-state index in [4.69, 9.17) is 11.6 Å². The molecule has 0 aliphatic rings. The van der Waals surface area contributed by atoms with E-state index in [0.29, 0.717) is 0 Å². The van der Waals surface area contributed by atoms with E-state index in [1.807, 2.05) is 48.6 Å². The number of nitrogens with zero attached hydrogens (tertiary/aromatic N) is 1. The highest BCUT2D eigenvalue weighted by Gasteiger charge is 2.01. The molecule has 3 heteroatoms. The zero-order chi connectivity index (χ0) is 13.2. The highest BCUT2D eigenvalue weighted by molar-refractivity contribution is 6.30. The predicted octanol–water partition coefficient (Wildman–Crippen LogP) is 4.70. The fraction of sp³-hybridized carbons (Fsp3) is 0.0625. The van der Waals surface area contributed by atoms with E-state index in [9.17, 15) is 0 Å². The minimum Gasteiger partial charge on any atom is -0.338 e. The van der Waals surface area contributed by atoms with Crippen LogP contribution in [0.15, 0.2) is 42.5 Å². The van der Waals surface area contributed by atoms with Gasteiger partial charge >= 0.3 is 0 Å². The number of aryl methyl sites for hydroxylation is 1. The zero-order valence-electron chi connectivity index (χ0n) is 10.5. The first kappa shape index (κ1) is 12.0. The van der Waals surface area contributed by atoms with Gasteiger partial charge in [0.05, 0.1) is 11.0 Å². The molecule has 2 aromatic carbocycles. The van der Waals surface area contributed by atoms with Crippen molar-refractivity contribution < 1.29 is 0 Å². The molecule has 3 rings (SSSR count). The van der Waals surface area contributed by atoms with E-state index in [-0.39, 0.29) is 0 Å². The Kier molecular flexibility index (Phi) is 3.10. The summed E-state index contributed by atoms with van der Waals surface area (Å²) in [6.45, 7) is 2.07. The molecule has 3 aromatic rings. The second kappa shape index (κ2) is 4.90. The fourth-order valence-corrected chi connectivity index (χ4v) is 2.15. The highest BCUT2D eigenvalue weighted by Crippen LogP contribution is 2.17. The number of aromatic amines is 1. The minimum absolute atomic E-state index is 0.747. The van der Waals surface area contributed by atoms with Crippen LogP contribution in [0.1, 0.15) is 17.0 Å². The van der Waals surface area contributed by atoms with Crippen molar-refractivity contribution in [2.45, 2.75) is 6.92 Å². The van der Waals surface area contributed by atoms with Gasteiger partial charge in [-0.15, -0.1) is 0 Å². The second-order valence-electron chi connectivity index (χ2n) is 4.48. The molecule has 0 amide bonds. The number of H-pyrrole nitrogens is 1. The van der Waals surface area contributed by atoms with Crippen molar-refractivity contribution >= 4 is 34.8 Å². The van der Waals surface area contributed by atoms with Gasteiger partial charge in [-0.25, -0.2) is 4.98 Å². The van der Waals surface area contributed by atoms with Crippen LogP contribution in [0.3, 0.4) is 0 Å². The Bertz CT molecular complexity index is 739. The maximum absolute atomic E-state index is 5.86. The molecule has 1 aromatic heterocycles. The lowest BCUT2D eigenvalue weighted by Gasteiger charge is -1.92. The van der Waals surface area contributed by atoms with Gasteiger partial charge in [-0.1, -0.05) is 41.9 Å².